The monoisotopic (exact) mass is 363 g/mol. The summed E-state index contributed by atoms with van der Waals surface area (Å²) in [5, 5.41) is 4.93. The van der Waals surface area contributed by atoms with Crippen LogP contribution in [-0.4, -0.2) is 21.5 Å². The fraction of sp³-hybridized carbons (Fsp3) is 0.611. The molecule has 0 aliphatic heterocycles. The number of thiophene rings is 1. The van der Waals surface area contributed by atoms with Gasteiger partial charge in [0.25, 0.3) is 5.56 Å². The number of amides is 1. The first-order chi connectivity index (χ1) is 12.1. The molecule has 1 aliphatic carbocycles. The molecule has 0 bridgehead atoms. The second-order valence-electron chi connectivity index (χ2n) is 6.94. The van der Waals surface area contributed by atoms with Crippen molar-refractivity contribution in [2.45, 2.75) is 64.5 Å². The highest BCUT2D eigenvalue weighted by Crippen LogP contribution is 2.23. The molecule has 2 N–H and O–H groups in total. The lowest BCUT2D eigenvalue weighted by atomic mass is 9.86. The number of fused-ring (bicyclic) bond motifs is 1. The third-order valence-corrected chi connectivity index (χ3v) is 5.99. The average Bonchev–Trinajstić information content (AvgIpc) is 3.04. The normalized spacial score (nSPS) is 20.7. The fourth-order valence-corrected chi connectivity index (χ4v) is 4.34. The number of carbonyl (C=O) groups is 1. The van der Waals surface area contributed by atoms with Crippen LogP contribution in [0.3, 0.4) is 0 Å². The van der Waals surface area contributed by atoms with Gasteiger partial charge in [-0.2, -0.15) is 0 Å². The topological polar surface area (TPSA) is 84.0 Å². The third kappa shape index (κ3) is 4.21. The molecule has 7 heteroatoms. The number of unbranched alkanes of at least 4 members (excludes halogenated alkanes) is 1. The zero-order valence-corrected chi connectivity index (χ0v) is 15.4. The quantitative estimate of drug-likeness (QED) is 0.774. The zero-order valence-electron chi connectivity index (χ0n) is 14.5. The van der Waals surface area contributed by atoms with Crippen LogP contribution in [0, 0.1) is 5.92 Å². The summed E-state index contributed by atoms with van der Waals surface area (Å²) in [5.74, 6) is 0.626. The largest absolute Gasteiger partial charge is 0.353 e. The Balaban J connectivity index is 1.49. The predicted molar refractivity (Wildman–Crippen MR) is 100 cm³/mol. The lowest BCUT2D eigenvalue weighted by molar-refractivity contribution is -0.122. The number of rotatable bonds is 6. The van der Waals surface area contributed by atoms with E-state index in [1.54, 1.807) is 11.4 Å². The molecule has 0 radical (unpaired) electrons. The molecule has 1 fully saturated rings. The van der Waals surface area contributed by atoms with Crippen molar-refractivity contribution in [1.82, 2.24) is 14.9 Å². The summed E-state index contributed by atoms with van der Waals surface area (Å²) in [6, 6.07) is 2.04. The highest BCUT2D eigenvalue weighted by molar-refractivity contribution is 7.17. The number of aromatic nitrogens is 2. The molecular weight excluding hydrogens is 338 g/mol. The first kappa shape index (κ1) is 17.9. The number of aromatic amines is 1. The van der Waals surface area contributed by atoms with Gasteiger partial charge in [-0.25, -0.2) is 4.79 Å². The molecule has 1 amide bonds. The van der Waals surface area contributed by atoms with E-state index >= 15 is 0 Å². The van der Waals surface area contributed by atoms with Crippen LogP contribution in [0.1, 0.15) is 51.9 Å². The molecule has 2 aromatic rings. The maximum atomic E-state index is 12.3. The predicted octanol–water partition coefficient (Wildman–Crippen LogP) is 2.62. The molecule has 3 rings (SSSR count). The molecule has 2 atom stereocenters. The van der Waals surface area contributed by atoms with E-state index in [0.717, 1.165) is 6.42 Å². The number of hydrogen-bond donors (Lipinski definition) is 2. The average molecular weight is 363 g/mol. The minimum Gasteiger partial charge on any atom is -0.353 e. The Hall–Kier alpha value is -1.89. The van der Waals surface area contributed by atoms with Gasteiger partial charge in [-0.1, -0.05) is 19.8 Å². The third-order valence-electron chi connectivity index (χ3n) is 5.08. The van der Waals surface area contributed by atoms with Gasteiger partial charge in [0, 0.05) is 19.0 Å². The molecule has 1 saturated carbocycles. The number of carbonyl (C=O) groups excluding carboxylic acids is 1. The van der Waals surface area contributed by atoms with E-state index in [4.69, 9.17) is 0 Å². The van der Waals surface area contributed by atoms with Crippen LogP contribution < -0.4 is 16.6 Å². The smallest absolute Gasteiger partial charge is 0.328 e. The van der Waals surface area contributed by atoms with Crippen LogP contribution >= 0.6 is 11.3 Å². The van der Waals surface area contributed by atoms with Gasteiger partial charge in [0.15, 0.2) is 0 Å². The van der Waals surface area contributed by atoms with Gasteiger partial charge < -0.3 is 10.3 Å². The SMILES string of the molecule is C[C@H]1CCCC[C@H]1NC(=O)CCCCn1c(=O)[nH]c2ccsc2c1=O. The molecule has 6 nitrogen and oxygen atoms in total. The second-order valence-corrected chi connectivity index (χ2v) is 7.86. The Morgan fingerprint density at radius 1 is 1.32 bits per heavy atom. The molecule has 136 valence electrons. The Morgan fingerprint density at radius 3 is 2.92 bits per heavy atom. The van der Waals surface area contributed by atoms with E-state index in [2.05, 4.69) is 17.2 Å². The standard InChI is InChI=1S/C18H25N3O3S/c1-12-6-2-3-7-13(12)19-15(22)8-4-5-10-21-17(23)16-14(9-11-25-16)20-18(21)24/h9,11-13H,2-8,10H2,1H3,(H,19,22)(H,20,24)/t12-,13+/m0/s1. The van der Waals surface area contributed by atoms with Gasteiger partial charge >= 0.3 is 5.69 Å². The molecule has 0 saturated heterocycles. The number of nitrogens with one attached hydrogen (secondary N) is 2. The summed E-state index contributed by atoms with van der Waals surface area (Å²) in [4.78, 5) is 39.1. The summed E-state index contributed by atoms with van der Waals surface area (Å²) in [5.41, 5.74) is -0.0251. The number of nitrogens with zero attached hydrogens (tertiary/aromatic N) is 1. The van der Waals surface area contributed by atoms with E-state index in [-0.39, 0.29) is 17.2 Å². The van der Waals surface area contributed by atoms with Gasteiger partial charge in [-0.15, -0.1) is 11.3 Å². The van der Waals surface area contributed by atoms with Gasteiger partial charge in [-0.05, 0) is 43.0 Å². The van der Waals surface area contributed by atoms with Crippen molar-refractivity contribution in [2.24, 2.45) is 5.92 Å². The second kappa shape index (κ2) is 7.99. The van der Waals surface area contributed by atoms with Crippen molar-refractivity contribution < 1.29 is 4.79 Å². The highest BCUT2D eigenvalue weighted by Gasteiger charge is 2.22. The maximum absolute atomic E-state index is 12.3. The Bertz CT molecular complexity index is 851. The first-order valence-corrected chi connectivity index (χ1v) is 9.94. The Kier molecular flexibility index (Phi) is 5.73. The molecule has 1 aliphatic rings. The van der Waals surface area contributed by atoms with Crippen LogP contribution in [0.15, 0.2) is 21.0 Å². The number of H-pyrrole nitrogens is 1. The minimum atomic E-state index is -0.378. The highest BCUT2D eigenvalue weighted by atomic mass is 32.1. The van der Waals surface area contributed by atoms with Crippen LogP contribution in [0.25, 0.3) is 10.2 Å². The maximum Gasteiger partial charge on any atom is 0.328 e. The molecule has 0 spiro atoms. The molecule has 2 heterocycles. The minimum absolute atomic E-state index is 0.0775. The lowest BCUT2D eigenvalue weighted by Crippen LogP contribution is -2.41. The van der Waals surface area contributed by atoms with Crippen LogP contribution in [0.5, 0.6) is 0 Å². The molecule has 0 unspecified atom stereocenters. The van der Waals surface area contributed by atoms with Gasteiger partial charge in [0.2, 0.25) is 5.91 Å². The first-order valence-electron chi connectivity index (χ1n) is 9.06. The van der Waals surface area contributed by atoms with E-state index in [1.165, 1.54) is 35.2 Å². The summed E-state index contributed by atoms with van der Waals surface area (Å²) in [6.45, 7) is 2.54. The fourth-order valence-electron chi connectivity index (χ4n) is 3.54. The molecular formula is C18H25N3O3S. The van der Waals surface area contributed by atoms with E-state index in [0.29, 0.717) is 48.0 Å². The Labute approximate surface area is 150 Å². The van der Waals surface area contributed by atoms with E-state index < -0.39 is 0 Å². The van der Waals surface area contributed by atoms with Crippen molar-refractivity contribution in [1.29, 1.82) is 0 Å². The summed E-state index contributed by atoms with van der Waals surface area (Å²) in [6.07, 6.45) is 6.43. The van der Waals surface area contributed by atoms with E-state index in [9.17, 15) is 14.4 Å². The van der Waals surface area contributed by atoms with Crippen molar-refractivity contribution in [3.63, 3.8) is 0 Å². The van der Waals surface area contributed by atoms with Crippen molar-refractivity contribution in [3.05, 3.63) is 32.3 Å². The van der Waals surface area contributed by atoms with Gasteiger partial charge in [-0.3, -0.25) is 14.2 Å². The molecule has 25 heavy (non-hydrogen) atoms. The van der Waals surface area contributed by atoms with Crippen LogP contribution in [0.4, 0.5) is 0 Å². The van der Waals surface area contributed by atoms with Gasteiger partial charge in [0.05, 0.1) is 5.52 Å². The number of hydrogen-bond acceptors (Lipinski definition) is 4. The lowest BCUT2D eigenvalue weighted by Gasteiger charge is -2.29. The Morgan fingerprint density at radius 2 is 2.12 bits per heavy atom. The molecule has 2 aromatic heterocycles. The summed E-state index contributed by atoms with van der Waals surface area (Å²) in [7, 11) is 0. The van der Waals surface area contributed by atoms with Crippen molar-refractivity contribution in [2.75, 3.05) is 0 Å². The van der Waals surface area contributed by atoms with E-state index in [1.807, 2.05) is 0 Å². The van der Waals surface area contributed by atoms with Crippen LogP contribution in [0.2, 0.25) is 0 Å². The summed E-state index contributed by atoms with van der Waals surface area (Å²) >= 11 is 1.33. The van der Waals surface area contributed by atoms with Crippen LogP contribution in [-0.2, 0) is 11.3 Å². The van der Waals surface area contributed by atoms with Gasteiger partial charge in [0.1, 0.15) is 4.70 Å². The zero-order chi connectivity index (χ0) is 17.8. The van der Waals surface area contributed by atoms with Crippen molar-refractivity contribution >= 4 is 27.5 Å². The van der Waals surface area contributed by atoms with Crippen molar-refractivity contribution in [3.8, 4) is 0 Å². The molecule has 0 aromatic carbocycles. The summed E-state index contributed by atoms with van der Waals surface area (Å²) < 4.78 is 1.81.